The Labute approximate surface area is 121 Å². The minimum absolute atomic E-state index is 0.282. The van der Waals surface area contributed by atoms with E-state index in [2.05, 4.69) is 15.5 Å². The minimum Gasteiger partial charge on any atom is -0.458 e. The van der Waals surface area contributed by atoms with Crippen LogP contribution in [0, 0.1) is 0 Å². The molecule has 1 heterocycles. The summed E-state index contributed by atoms with van der Waals surface area (Å²) in [6.45, 7) is 5.54. The van der Waals surface area contributed by atoms with E-state index in [9.17, 15) is 4.79 Å². The van der Waals surface area contributed by atoms with Gasteiger partial charge < -0.3 is 15.8 Å². The summed E-state index contributed by atoms with van der Waals surface area (Å²) in [7, 11) is 0. The zero-order valence-corrected chi connectivity index (χ0v) is 13.2. The van der Waals surface area contributed by atoms with Gasteiger partial charge >= 0.3 is 5.97 Å². The van der Waals surface area contributed by atoms with E-state index in [0.29, 0.717) is 16.7 Å². The highest BCUT2D eigenvalue weighted by atomic mass is 32.2. The van der Waals surface area contributed by atoms with Crippen molar-refractivity contribution in [3.63, 3.8) is 0 Å². The second-order valence-corrected chi connectivity index (χ2v) is 6.95. The lowest BCUT2D eigenvalue weighted by molar-refractivity contribution is -0.155. The Hall–Kier alpha value is -1.02. The lowest BCUT2D eigenvalue weighted by atomic mass is 10.1. The summed E-state index contributed by atoms with van der Waals surface area (Å²) in [5.41, 5.74) is 5.01. The van der Waals surface area contributed by atoms with Crippen molar-refractivity contribution in [3.8, 4) is 0 Å². The van der Waals surface area contributed by atoms with Crippen LogP contribution in [0.2, 0.25) is 0 Å². The molecule has 0 saturated carbocycles. The summed E-state index contributed by atoms with van der Waals surface area (Å²) in [4.78, 5) is 12.1. The lowest BCUT2D eigenvalue weighted by Gasteiger charge is -2.24. The molecule has 19 heavy (non-hydrogen) atoms. The molecule has 1 atom stereocenters. The second kappa shape index (κ2) is 6.95. The van der Waals surface area contributed by atoms with E-state index < -0.39 is 11.6 Å². The van der Waals surface area contributed by atoms with E-state index >= 15 is 0 Å². The van der Waals surface area contributed by atoms with Crippen molar-refractivity contribution in [1.82, 2.24) is 10.2 Å². The van der Waals surface area contributed by atoms with Gasteiger partial charge in [-0.25, -0.2) is 4.79 Å². The molecule has 0 aromatic carbocycles. The third-order valence-electron chi connectivity index (χ3n) is 2.04. The van der Waals surface area contributed by atoms with Crippen LogP contribution in [0.4, 0.5) is 10.3 Å². The maximum absolute atomic E-state index is 12.1. The predicted octanol–water partition coefficient (Wildman–Crippen LogP) is 2.00. The molecule has 8 heteroatoms. The quantitative estimate of drug-likeness (QED) is 0.777. The molecule has 1 aromatic rings. The first-order chi connectivity index (χ1) is 8.81. The van der Waals surface area contributed by atoms with Gasteiger partial charge in [0.1, 0.15) is 11.6 Å². The van der Waals surface area contributed by atoms with E-state index in [1.807, 2.05) is 27.0 Å². The van der Waals surface area contributed by atoms with Gasteiger partial charge in [-0.2, -0.15) is 11.8 Å². The number of carbonyl (C=O) groups excluding carboxylic acids is 1. The van der Waals surface area contributed by atoms with Gasteiger partial charge in [0.15, 0.2) is 0 Å². The monoisotopic (exact) mass is 304 g/mol. The number of thioether (sulfide) groups is 1. The van der Waals surface area contributed by atoms with E-state index in [1.54, 1.807) is 11.8 Å². The van der Waals surface area contributed by atoms with Gasteiger partial charge in [-0.3, -0.25) is 0 Å². The molecule has 0 aliphatic rings. The average Bonchev–Trinajstić information content (AvgIpc) is 2.67. The van der Waals surface area contributed by atoms with Gasteiger partial charge in [0.2, 0.25) is 10.3 Å². The predicted molar refractivity (Wildman–Crippen MR) is 80.6 cm³/mol. The maximum atomic E-state index is 12.1. The van der Waals surface area contributed by atoms with Crippen LogP contribution >= 0.6 is 23.1 Å². The molecule has 0 saturated heterocycles. The summed E-state index contributed by atoms with van der Waals surface area (Å²) in [5.74, 6) is 0.570. The van der Waals surface area contributed by atoms with E-state index in [0.717, 1.165) is 5.75 Å². The standard InChI is InChI=1S/C11H20N4O2S2/c1-11(2,3)17-8(16)7(5-6-18-4)13-10-15-14-9(12)19-10/h7H,5-6H2,1-4H3,(H2,12,14)(H,13,15)/t7-/m0/s1. The number of nitrogens with zero attached hydrogens (tertiary/aromatic N) is 2. The number of anilines is 2. The topological polar surface area (TPSA) is 90.1 Å². The minimum atomic E-state index is -0.503. The Morgan fingerprint density at radius 2 is 2.21 bits per heavy atom. The summed E-state index contributed by atoms with van der Waals surface area (Å²) >= 11 is 2.89. The molecule has 6 nitrogen and oxygen atoms in total. The first kappa shape index (κ1) is 16.0. The van der Waals surface area contributed by atoms with Crippen LogP contribution in [-0.4, -0.2) is 39.8 Å². The molecule has 0 spiro atoms. The molecule has 0 aliphatic carbocycles. The van der Waals surface area contributed by atoms with Gasteiger partial charge in [-0.05, 0) is 39.2 Å². The van der Waals surface area contributed by atoms with Crippen LogP contribution in [0.1, 0.15) is 27.2 Å². The molecule has 0 unspecified atom stereocenters. The zero-order valence-electron chi connectivity index (χ0n) is 11.6. The Balaban J connectivity index is 2.68. The number of aromatic nitrogens is 2. The normalized spacial score (nSPS) is 13.1. The molecule has 3 N–H and O–H groups in total. The summed E-state index contributed by atoms with van der Waals surface area (Å²) in [5, 5.41) is 11.5. The summed E-state index contributed by atoms with van der Waals surface area (Å²) in [6, 6.07) is -0.431. The molecule has 0 aliphatic heterocycles. The fraction of sp³-hybridized carbons (Fsp3) is 0.727. The van der Waals surface area contributed by atoms with E-state index in [-0.39, 0.29) is 5.97 Å². The molecule has 0 radical (unpaired) electrons. The maximum Gasteiger partial charge on any atom is 0.329 e. The molecule has 0 bridgehead atoms. The molecular weight excluding hydrogens is 284 g/mol. The van der Waals surface area contributed by atoms with Gasteiger partial charge in [-0.15, -0.1) is 10.2 Å². The molecule has 0 amide bonds. The number of nitrogens with one attached hydrogen (secondary N) is 1. The van der Waals surface area contributed by atoms with Gasteiger partial charge in [0, 0.05) is 0 Å². The number of ether oxygens (including phenoxy) is 1. The lowest BCUT2D eigenvalue weighted by Crippen LogP contribution is -2.37. The Morgan fingerprint density at radius 1 is 1.53 bits per heavy atom. The molecule has 1 rings (SSSR count). The van der Waals surface area contributed by atoms with Crippen molar-refractivity contribution < 1.29 is 9.53 Å². The number of carbonyl (C=O) groups is 1. The highest BCUT2D eigenvalue weighted by Crippen LogP contribution is 2.20. The second-order valence-electron chi connectivity index (χ2n) is 4.96. The van der Waals surface area contributed by atoms with Crippen molar-refractivity contribution in [3.05, 3.63) is 0 Å². The van der Waals surface area contributed by atoms with Crippen LogP contribution in [0.3, 0.4) is 0 Å². The van der Waals surface area contributed by atoms with Crippen LogP contribution in [0.15, 0.2) is 0 Å². The van der Waals surface area contributed by atoms with E-state index in [4.69, 9.17) is 10.5 Å². The third kappa shape index (κ3) is 6.11. The van der Waals surface area contributed by atoms with E-state index in [1.165, 1.54) is 11.3 Å². The van der Waals surface area contributed by atoms with Crippen LogP contribution < -0.4 is 11.1 Å². The van der Waals surface area contributed by atoms with Crippen molar-refractivity contribution in [2.75, 3.05) is 23.1 Å². The third-order valence-corrected chi connectivity index (χ3v) is 3.37. The smallest absolute Gasteiger partial charge is 0.329 e. The van der Waals surface area contributed by atoms with Crippen molar-refractivity contribution in [1.29, 1.82) is 0 Å². The van der Waals surface area contributed by atoms with Gasteiger partial charge in [0.05, 0.1) is 0 Å². The van der Waals surface area contributed by atoms with Crippen molar-refractivity contribution in [2.45, 2.75) is 38.8 Å². The van der Waals surface area contributed by atoms with Crippen LogP contribution in [-0.2, 0) is 9.53 Å². The van der Waals surface area contributed by atoms with Crippen molar-refractivity contribution in [2.24, 2.45) is 0 Å². The van der Waals surface area contributed by atoms with Gasteiger partial charge in [-0.1, -0.05) is 11.3 Å². The number of esters is 1. The number of nitrogen functional groups attached to an aromatic ring is 1. The summed E-state index contributed by atoms with van der Waals surface area (Å²) in [6.07, 6.45) is 2.66. The zero-order chi connectivity index (χ0) is 14.5. The molecule has 1 aromatic heterocycles. The number of hydrogen-bond donors (Lipinski definition) is 2. The Bertz CT molecular complexity index is 417. The SMILES string of the molecule is CSCC[C@H](Nc1nnc(N)s1)C(=O)OC(C)(C)C. The fourth-order valence-electron chi connectivity index (χ4n) is 1.30. The van der Waals surface area contributed by atoms with Crippen LogP contribution in [0.5, 0.6) is 0 Å². The fourth-order valence-corrected chi connectivity index (χ4v) is 2.33. The number of rotatable bonds is 6. The largest absolute Gasteiger partial charge is 0.458 e. The average molecular weight is 304 g/mol. The highest BCUT2D eigenvalue weighted by Gasteiger charge is 2.25. The highest BCUT2D eigenvalue weighted by molar-refractivity contribution is 7.98. The number of hydrogen-bond acceptors (Lipinski definition) is 8. The van der Waals surface area contributed by atoms with Crippen molar-refractivity contribution >= 4 is 39.3 Å². The Morgan fingerprint density at radius 3 is 2.68 bits per heavy atom. The number of nitrogens with two attached hydrogens (primary N) is 1. The molecule has 108 valence electrons. The molecule has 0 fully saturated rings. The Kier molecular flexibility index (Phi) is 5.86. The first-order valence-electron chi connectivity index (χ1n) is 5.89. The molecular formula is C11H20N4O2S2. The first-order valence-corrected chi connectivity index (χ1v) is 8.10. The van der Waals surface area contributed by atoms with Crippen LogP contribution in [0.25, 0.3) is 0 Å². The summed E-state index contributed by atoms with van der Waals surface area (Å²) < 4.78 is 5.39. The van der Waals surface area contributed by atoms with Gasteiger partial charge in [0.25, 0.3) is 0 Å².